The lowest BCUT2D eigenvalue weighted by atomic mass is 9.88. The van der Waals surface area contributed by atoms with Gasteiger partial charge in [-0.05, 0) is 83.9 Å². The summed E-state index contributed by atoms with van der Waals surface area (Å²) < 4.78 is 5.46. The molecule has 2 N–H and O–H groups in total. The van der Waals surface area contributed by atoms with E-state index in [2.05, 4.69) is 17.6 Å². The maximum absolute atomic E-state index is 14.4. The molecule has 0 aliphatic carbocycles. The molecular weight excluding hydrogens is 466 g/mol. The molecule has 0 bridgehead atoms. The molecule has 0 aliphatic heterocycles. The monoisotopic (exact) mass is 517 g/mol. The molecule has 1 rings (SSSR count). The lowest BCUT2D eigenvalue weighted by molar-refractivity contribution is -0.150. The molecule has 1 aromatic rings. The topological polar surface area (TPSA) is 87.7 Å². The van der Waals surface area contributed by atoms with Crippen molar-refractivity contribution in [3.8, 4) is 0 Å². The van der Waals surface area contributed by atoms with Crippen molar-refractivity contribution in [2.45, 2.75) is 125 Å². The van der Waals surface area contributed by atoms with Gasteiger partial charge in [-0.3, -0.25) is 9.59 Å². The predicted molar refractivity (Wildman–Crippen MR) is 150 cm³/mol. The Bertz CT molecular complexity index is 918. The molecule has 0 heterocycles. The summed E-state index contributed by atoms with van der Waals surface area (Å²) in [6.07, 6.45) is 2.92. The normalized spacial score (nSPS) is 13.6. The summed E-state index contributed by atoms with van der Waals surface area (Å²) in [6.45, 7) is 21.7. The molecule has 0 aromatic heterocycles. The fraction of sp³-hybridized carbons (Fsp3) is 0.700. The van der Waals surface area contributed by atoms with Crippen LogP contribution in [0.1, 0.15) is 111 Å². The Balaban J connectivity index is 3.63. The SMILES string of the molecule is CCCCCNC(=O)C(c1cccc(C)c1C)N(C(=O)C(NC(=O)OC(C)(C)C)C(C)C)C(C)(C)CC. The van der Waals surface area contributed by atoms with Crippen molar-refractivity contribution in [2.75, 3.05) is 6.54 Å². The number of rotatable bonds is 12. The van der Waals surface area contributed by atoms with Gasteiger partial charge in [-0.25, -0.2) is 4.79 Å². The van der Waals surface area contributed by atoms with E-state index in [0.717, 1.165) is 36.0 Å². The van der Waals surface area contributed by atoms with E-state index < -0.39 is 29.3 Å². The highest BCUT2D eigenvalue weighted by Gasteiger charge is 2.44. The summed E-state index contributed by atoms with van der Waals surface area (Å²) in [4.78, 5) is 42.6. The lowest BCUT2D eigenvalue weighted by Gasteiger charge is -2.45. The number of carbonyl (C=O) groups is 3. The zero-order valence-electron chi connectivity index (χ0n) is 25.1. The maximum atomic E-state index is 14.4. The Kier molecular flexibility index (Phi) is 12.1. The zero-order valence-corrected chi connectivity index (χ0v) is 25.1. The number of nitrogens with zero attached hydrogens (tertiary/aromatic N) is 1. The van der Waals surface area contributed by atoms with E-state index in [1.807, 2.05) is 66.7 Å². The van der Waals surface area contributed by atoms with Gasteiger partial charge in [-0.2, -0.15) is 0 Å². The highest BCUT2D eigenvalue weighted by atomic mass is 16.6. The lowest BCUT2D eigenvalue weighted by Crippen LogP contribution is -2.60. The molecule has 0 saturated carbocycles. The van der Waals surface area contributed by atoms with Crippen molar-refractivity contribution in [2.24, 2.45) is 5.92 Å². The van der Waals surface area contributed by atoms with Gasteiger partial charge in [-0.1, -0.05) is 58.7 Å². The van der Waals surface area contributed by atoms with E-state index in [4.69, 9.17) is 4.74 Å². The van der Waals surface area contributed by atoms with Crippen LogP contribution >= 0.6 is 0 Å². The predicted octanol–water partition coefficient (Wildman–Crippen LogP) is 6.22. The molecule has 7 nitrogen and oxygen atoms in total. The number of benzene rings is 1. The number of ether oxygens (including phenoxy) is 1. The number of amides is 3. The van der Waals surface area contributed by atoms with Crippen molar-refractivity contribution >= 4 is 17.9 Å². The van der Waals surface area contributed by atoms with Crippen LogP contribution in [-0.2, 0) is 14.3 Å². The number of aryl methyl sites for hydroxylation is 1. The molecule has 2 unspecified atom stereocenters. The number of unbranched alkanes of at least 4 members (excludes halogenated alkanes) is 2. The third-order valence-corrected chi connectivity index (χ3v) is 6.89. The highest BCUT2D eigenvalue weighted by Crippen LogP contribution is 2.35. The summed E-state index contributed by atoms with van der Waals surface area (Å²) in [5, 5.41) is 5.89. The van der Waals surface area contributed by atoms with Crippen LogP contribution in [0.4, 0.5) is 4.79 Å². The minimum Gasteiger partial charge on any atom is -0.444 e. The van der Waals surface area contributed by atoms with Crippen molar-refractivity contribution in [3.05, 3.63) is 34.9 Å². The Morgan fingerprint density at radius 1 is 1.00 bits per heavy atom. The van der Waals surface area contributed by atoms with Gasteiger partial charge in [0.1, 0.15) is 17.7 Å². The van der Waals surface area contributed by atoms with Crippen LogP contribution in [0.2, 0.25) is 0 Å². The average molecular weight is 518 g/mol. The molecule has 210 valence electrons. The third kappa shape index (κ3) is 9.35. The van der Waals surface area contributed by atoms with Crippen LogP contribution in [0.15, 0.2) is 18.2 Å². The number of carbonyl (C=O) groups excluding carboxylic acids is 3. The van der Waals surface area contributed by atoms with E-state index in [1.165, 1.54) is 0 Å². The summed E-state index contributed by atoms with van der Waals surface area (Å²) in [5.74, 6) is -0.733. The average Bonchev–Trinajstić information content (AvgIpc) is 2.78. The molecule has 7 heteroatoms. The van der Waals surface area contributed by atoms with Gasteiger partial charge in [0.15, 0.2) is 0 Å². The summed E-state index contributed by atoms with van der Waals surface area (Å²) in [6, 6.07) is 4.16. The second-order valence-corrected chi connectivity index (χ2v) is 11.9. The second-order valence-electron chi connectivity index (χ2n) is 11.9. The van der Waals surface area contributed by atoms with Crippen molar-refractivity contribution in [1.82, 2.24) is 15.5 Å². The third-order valence-electron chi connectivity index (χ3n) is 6.89. The summed E-state index contributed by atoms with van der Waals surface area (Å²) in [5.41, 5.74) is 1.46. The van der Waals surface area contributed by atoms with E-state index in [0.29, 0.717) is 13.0 Å². The van der Waals surface area contributed by atoms with Crippen LogP contribution < -0.4 is 10.6 Å². The first-order chi connectivity index (χ1) is 17.1. The zero-order chi connectivity index (χ0) is 28.6. The van der Waals surface area contributed by atoms with Gasteiger partial charge in [0.25, 0.3) is 0 Å². The van der Waals surface area contributed by atoms with E-state index in [-0.39, 0.29) is 17.7 Å². The molecular formula is C30H51N3O4. The van der Waals surface area contributed by atoms with E-state index in [1.54, 1.807) is 25.7 Å². The first kappa shape index (κ1) is 32.5. The molecule has 3 amide bonds. The van der Waals surface area contributed by atoms with Crippen molar-refractivity contribution < 1.29 is 19.1 Å². The quantitative estimate of drug-likeness (QED) is 0.322. The summed E-state index contributed by atoms with van der Waals surface area (Å²) in [7, 11) is 0. The van der Waals surface area contributed by atoms with Crippen LogP contribution in [0, 0.1) is 19.8 Å². The van der Waals surface area contributed by atoms with Crippen LogP contribution in [0.3, 0.4) is 0 Å². The van der Waals surface area contributed by atoms with Gasteiger partial charge in [0.05, 0.1) is 0 Å². The van der Waals surface area contributed by atoms with Gasteiger partial charge in [0.2, 0.25) is 11.8 Å². The first-order valence-corrected chi connectivity index (χ1v) is 13.7. The van der Waals surface area contributed by atoms with Gasteiger partial charge in [0, 0.05) is 12.1 Å². The van der Waals surface area contributed by atoms with Gasteiger partial charge >= 0.3 is 6.09 Å². The fourth-order valence-corrected chi connectivity index (χ4v) is 4.19. The number of hydrogen-bond acceptors (Lipinski definition) is 4. The van der Waals surface area contributed by atoms with Crippen molar-refractivity contribution in [3.63, 3.8) is 0 Å². The number of alkyl carbamates (subject to hydrolysis) is 1. The molecule has 0 aliphatic rings. The fourth-order valence-electron chi connectivity index (χ4n) is 4.19. The Morgan fingerprint density at radius 2 is 1.62 bits per heavy atom. The largest absolute Gasteiger partial charge is 0.444 e. The molecule has 37 heavy (non-hydrogen) atoms. The molecule has 1 aromatic carbocycles. The van der Waals surface area contributed by atoms with E-state index >= 15 is 0 Å². The van der Waals surface area contributed by atoms with Crippen LogP contribution in [-0.4, -0.2) is 46.5 Å². The highest BCUT2D eigenvalue weighted by molar-refractivity contribution is 5.93. The molecule has 0 saturated heterocycles. The van der Waals surface area contributed by atoms with Gasteiger partial charge in [-0.15, -0.1) is 0 Å². The number of hydrogen-bond donors (Lipinski definition) is 2. The minimum atomic E-state index is -0.860. The Hall–Kier alpha value is -2.57. The van der Waals surface area contributed by atoms with E-state index in [9.17, 15) is 14.4 Å². The molecule has 0 fully saturated rings. The molecule has 0 spiro atoms. The maximum Gasteiger partial charge on any atom is 0.408 e. The van der Waals surface area contributed by atoms with Crippen LogP contribution in [0.5, 0.6) is 0 Å². The molecule has 2 atom stereocenters. The van der Waals surface area contributed by atoms with Crippen molar-refractivity contribution in [1.29, 1.82) is 0 Å². The first-order valence-electron chi connectivity index (χ1n) is 13.7. The minimum absolute atomic E-state index is 0.209. The smallest absolute Gasteiger partial charge is 0.408 e. The Labute approximate surface area is 225 Å². The van der Waals surface area contributed by atoms with Gasteiger partial charge < -0.3 is 20.3 Å². The standard InChI is InChI=1S/C30H51N3O4/c1-12-14-15-19-31-26(34)25(23-18-16-17-21(5)22(23)6)33(30(10,11)13-2)27(35)24(20(3)4)32-28(36)37-29(7,8)9/h16-18,20,24-25H,12-15,19H2,1-11H3,(H,31,34)(H,32,36). The summed E-state index contributed by atoms with van der Waals surface area (Å²) >= 11 is 0. The number of nitrogens with one attached hydrogen (secondary N) is 2. The second kappa shape index (κ2) is 13.8. The molecule has 0 radical (unpaired) electrons. The Morgan fingerprint density at radius 3 is 2.14 bits per heavy atom. The van der Waals surface area contributed by atoms with Crippen LogP contribution in [0.25, 0.3) is 0 Å².